The highest BCUT2D eigenvalue weighted by atomic mass is 16.6. The van der Waals surface area contributed by atoms with Crippen molar-refractivity contribution in [1.82, 2.24) is 10.6 Å². The van der Waals surface area contributed by atoms with Gasteiger partial charge >= 0.3 is 12.1 Å². The van der Waals surface area contributed by atoms with Crippen LogP contribution < -0.4 is 10.6 Å². The molecule has 34 heavy (non-hydrogen) atoms. The Kier molecular flexibility index (Phi) is 15.3. The van der Waals surface area contributed by atoms with Crippen molar-refractivity contribution in [3.05, 3.63) is 35.9 Å². The smallest absolute Gasteiger partial charge is 0.407 e. The van der Waals surface area contributed by atoms with Gasteiger partial charge in [0.25, 0.3) is 0 Å². The fourth-order valence-electron chi connectivity index (χ4n) is 2.49. The first-order chi connectivity index (χ1) is 16.3. The summed E-state index contributed by atoms with van der Waals surface area (Å²) in [5.74, 6) is -0.474. The van der Waals surface area contributed by atoms with Gasteiger partial charge in [-0.3, -0.25) is 9.59 Å². The minimum Gasteiger partial charge on any atom is -0.460 e. The highest BCUT2D eigenvalue weighted by Crippen LogP contribution is 2.08. The highest BCUT2D eigenvalue weighted by Gasteiger charge is 2.15. The minimum absolute atomic E-state index is 0.151. The maximum atomic E-state index is 11.7. The lowest BCUT2D eigenvalue weighted by Crippen LogP contribution is -2.29. The number of alkyl carbamates (subject to hydrolysis) is 1. The van der Waals surface area contributed by atoms with Crippen LogP contribution in [0.4, 0.5) is 4.79 Å². The number of hydrogen-bond donors (Lipinski definition) is 2. The number of benzene rings is 1. The van der Waals surface area contributed by atoms with E-state index in [0.717, 1.165) is 5.56 Å². The predicted octanol–water partition coefficient (Wildman–Crippen LogP) is 2.20. The van der Waals surface area contributed by atoms with E-state index >= 15 is 0 Å². The molecule has 0 bridgehead atoms. The van der Waals surface area contributed by atoms with Crippen LogP contribution in [0.15, 0.2) is 30.3 Å². The molecule has 0 aliphatic heterocycles. The molecule has 10 nitrogen and oxygen atoms in total. The van der Waals surface area contributed by atoms with E-state index in [1.807, 2.05) is 30.3 Å². The fourth-order valence-corrected chi connectivity index (χ4v) is 2.49. The molecule has 0 saturated carbocycles. The maximum absolute atomic E-state index is 11.7. The van der Waals surface area contributed by atoms with Crippen molar-refractivity contribution >= 4 is 18.0 Å². The van der Waals surface area contributed by atoms with Gasteiger partial charge in [-0.25, -0.2) is 4.79 Å². The van der Waals surface area contributed by atoms with Gasteiger partial charge in [-0.2, -0.15) is 0 Å². The predicted molar refractivity (Wildman–Crippen MR) is 125 cm³/mol. The topological polar surface area (TPSA) is 121 Å². The van der Waals surface area contributed by atoms with Crippen LogP contribution >= 0.6 is 0 Å². The van der Waals surface area contributed by atoms with Crippen LogP contribution in [0.5, 0.6) is 0 Å². The number of amides is 2. The second kappa shape index (κ2) is 17.7. The Bertz CT molecular complexity index is 707. The molecule has 0 radical (unpaired) electrons. The summed E-state index contributed by atoms with van der Waals surface area (Å²) < 4.78 is 26.3. The number of carbonyl (C=O) groups excluding carboxylic acids is 3. The van der Waals surface area contributed by atoms with Gasteiger partial charge in [0.15, 0.2) is 0 Å². The molecule has 2 N–H and O–H groups in total. The number of rotatable bonds is 17. The first kappa shape index (κ1) is 29.3. The summed E-state index contributed by atoms with van der Waals surface area (Å²) in [4.78, 5) is 34.8. The number of esters is 1. The lowest BCUT2D eigenvalue weighted by molar-refractivity contribution is -0.156. The molecule has 0 unspecified atom stereocenters. The monoisotopic (exact) mass is 482 g/mol. The second-order valence-corrected chi connectivity index (χ2v) is 8.26. The molecule has 1 rings (SSSR count). The minimum atomic E-state index is -0.513. The van der Waals surface area contributed by atoms with Crippen LogP contribution in [0.3, 0.4) is 0 Å². The van der Waals surface area contributed by atoms with E-state index in [1.165, 1.54) is 0 Å². The zero-order chi connectivity index (χ0) is 25.1. The Hall–Kier alpha value is -2.69. The number of carbonyl (C=O) groups is 3. The average molecular weight is 483 g/mol. The Labute approximate surface area is 201 Å². The van der Waals surface area contributed by atoms with Crippen LogP contribution in [0, 0.1) is 0 Å². The first-order valence-corrected chi connectivity index (χ1v) is 11.4. The largest absolute Gasteiger partial charge is 0.460 e. The third-order valence-corrected chi connectivity index (χ3v) is 4.01. The lowest BCUT2D eigenvalue weighted by atomic mass is 10.2. The summed E-state index contributed by atoms with van der Waals surface area (Å²) in [5.41, 5.74) is 0.409. The van der Waals surface area contributed by atoms with Crippen molar-refractivity contribution in [2.45, 2.75) is 45.8 Å². The van der Waals surface area contributed by atoms with E-state index in [2.05, 4.69) is 10.6 Å². The Balaban J connectivity index is 1.84. The van der Waals surface area contributed by atoms with E-state index in [1.54, 1.807) is 20.8 Å². The SMILES string of the molecule is CC(C)(C)OC(=O)CCOCCC(=O)NCCOCCOCCNC(=O)OCc1ccccc1. The van der Waals surface area contributed by atoms with Crippen LogP contribution in [-0.2, 0) is 39.9 Å². The van der Waals surface area contributed by atoms with Crippen molar-refractivity contribution in [2.24, 2.45) is 0 Å². The Morgan fingerprint density at radius 2 is 1.35 bits per heavy atom. The summed E-state index contributed by atoms with van der Waals surface area (Å²) >= 11 is 0. The average Bonchev–Trinajstić information content (AvgIpc) is 2.78. The number of hydrogen-bond acceptors (Lipinski definition) is 8. The van der Waals surface area contributed by atoms with Crippen molar-refractivity contribution in [3.63, 3.8) is 0 Å². The van der Waals surface area contributed by atoms with Gasteiger partial charge < -0.3 is 34.3 Å². The van der Waals surface area contributed by atoms with Crippen molar-refractivity contribution < 1.29 is 38.1 Å². The lowest BCUT2D eigenvalue weighted by Gasteiger charge is -2.19. The van der Waals surface area contributed by atoms with Crippen molar-refractivity contribution in [2.75, 3.05) is 52.7 Å². The molecule has 1 aromatic rings. The quantitative estimate of drug-likeness (QED) is 0.256. The molecule has 10 heteroatoms. The van der Waals surface area contributed by atoms with Gasteiger partial charge in [0.05, 0.1) is 46.1 Å². The fraction of sp³-hybridized carbons (Fsp3) is 0.625. The molecule has 0 aromatic heterocycles. The van der Waals surface area contributed by atoms with E-state index in [-0.39, 0.29) is 44.5 Å². The van der Waals surface area contributed by atoms with E-state index in [9.17, 15) is 14.4 Å². The van der Waals surface area contributed by atoms with Gasteiger partial charge in [-0.1, -0.05) is 30.3 Å². The molecule has 0 fully saturated rings. The molecule has 0 aliphatic carbocycles. The summed E-state index contributed by atoms with van der Waals surface area (Å²) in [6, 6.07) is 9.43. The summed E-state index contributed by atoms with van der Waals surface area (Å²) in [6.45, 7) is 8.26. The molecule has 0 atom stereocenters. The molecule has 192 valence electrons. The highest BCUT2D eigenvalue weighted by molar-refractivity contribution is 5.75. The maximum Gasteiger partial charge on any atom is 0.407 e. The van der Waals surface area contributed by atoms with Gasteiger partial charge in [0.1, 0.15) is 12.2 Å². The van der Waals surface area contributed by atoms with E-state index in [4.69, 9.17) is 23.7 Å². The first-order valence-electron chi connectivity index (χ1n) is 11.4. The molecule has 0 aliphatic rings. The number of nitrogens with one attached hydrogen (secondary N) is 2. The summed E-state index contributed by atoms with van der Waals surface area (Å²) in [6.07, 6.45) is -0.130. The molecular weight excluding hydrogens is 444 g/mol. The Morgan fingerprint density at radius 1 is 0.765 bits per heavy atom. The second-order valence-electron chi connectivity index (χ2n) is 8.26. The molecular formula is C24H38N2O8. The standard InChI is InChI=1S/C24H38N2O8/c1-24(2,3)34-22(28)10-14-30-13-9-21(27)25-11-15-31-17-18-32-16-12-26-23(29)33-19-20-7-5-4-6-8-20/h4-8H,9-19H2,1-3H3,(H,25,27)(H,26,29). The van der Waals surface area contributed by atoms with Crippen LogP contribution in [0.2, 0.25) is 0 Å². The van der Waals surface area contributed by atoms with Gasteiger partial charge in [-0.05, 0) is 26.3 Å². The third kappa shape index (κ3) is 17.8. The van der Waals surface area contributed by atoms with Crippen LogP contribution in [0.25, 0.3) is 0 Å². The van der Waals surface area contributed by atoms with Crippen molar-refractivity contribution in [1.29, 1.82) is 0 Å². The molecule has 1 aromatic carbocycles. The van der Waals surface area contributed by atoms with E-state index < -0.39 is 11.7 Å². The summed E-state index contributed by atoms with van der Waals surface area (Å²) in [7, 11) is 0. The van der Waals surface area contributed by atoms with Crippen molar-refractivity contribution in [3.8, 4) is 0 Å². The number of ether oxygens (including phenoxy) is 5. The van der Waals surface area contributed by atoms with Gasteiger partial charge in [0.2, 0.25) is 5.91 Å². The zero-order valence-corrected chi connectivity index (χ0v) is 20.4. The molecule has 2 amide bonds. The zero-order valence-electron chi connectivity index (χ0n) is 20.4. The van der Waals surface area contributed by atoms with Crippen LogP contribution in [-0.4, -0.2) is 76.3 Å². The Morgan fingerprint density at radius 3 is 2.00 bits per heavy atom. The molecule has 0 spiro atoms. The van der Waals surface area contributed by atoms with E-state index in [0.29, 0.717) is 39.5 Å². The normalized spacial score (nSPS) is 11.0. The third-order valence-electron chi connectivity index (χ3n) is 4.01. The van der Waals surface area contributed by atoms with Gasteiger partial charge in [-0.15, -0.1) is 0 Å². The summed E-state index contributed by atoms with van der Waals surface area (Å²) in [5, 5.41) is 5.33. The van der Waals surface area contributed by atoms with Gasteiger partial charge in [0, 0.05) is 19.5 Å². The molecule has 0 heterocycles. The molecule has 0 saturated heterocycles. The van der Waals surface area contributed by atoms with Crippen LogP contribution in [0.1, 0.15) is 39.2 Å².